The van der Waals surface area contributed by atoms with Crippen molar-refractivity contribution in [3.05, 3.63) is 53.4 Å². The molecule has 2 amide bonds. The Kier molecular flexibility index (Phi) is 8.81. The third kappa shape index (κ3) is 6.36. The molecule has 0 unspecified atom stereocenters. The van der Waals surface area contributed by atoms with Crippen LogP contribution in [0, 0.1) is 0 Å². The van der Waals surface area contributed by atoms with Gasteiger partial charge in [0.2, 0.25) is 5.91 Å². The number of thiophene rings is 1. The number of amides is 2. The minimum absolute atomic E-state index is 0.0638. The van der Waals surface area contributed by atoms with Crippen molar-refractivity contribution >= 4 is 44.8 Å². The average Bonchev–Trinajstić information content (AvgIpc) is 3.42. The number of anilines is 2. The fourth-order valence-corrected chi connectivity index (χ4v) is 6.46. The third-order valence-corrected chi connectivity index (χ3v) is 8.73. The highest BCUT2D eigenvalue weighted by Gasteiger charge is 2.37. The third-order valence-electron chi connectivity index (χ3n) is 7.85. The van der Waals surface area contributed by atoms with Gasteiger partial charge in [0.15, 0.2) is 6.73 Å². The molecule has 0 saturated carbocycles. The second-order valence-electron chi connectivity index (χ2n) is 11.1. The first-order chi connectivity index (χ1) is 19.4. The van der Waals surface area contributed by atoms with Crippen LogP contribution < -0.4 is 19.9 Å². The largest absolute Gasteiger partial charge is 0.494 e. The molecule has 1 aromatic heterocycles. The molecule has 2 aliphatic heterocycles. The number of unbranched alkanes of at least 4 members (excludes halogenated alkanes) is 1. The van der Waals surface area contributed by atoms with Gasteiger partial charge in [-0.2, -0.15) is 0 Å². The molecule has 0 spiro atoms. The summed E-state index contributed by atoms with van der Waals surface area (Å²) in [6.45, 7) is 12.2. The molecule has 0 radical (unpaired) electrons. The maximum atomic E-state index is 12.9. The number of carbonyl (C=O) groups excluding carboxylic acids is 2. The van der Waals surface area contributed by atoms with Crippen molar-refractivity contribution in [2.24, 2.45) is 0 Å². The normalized spacial score (nSPS) is 17.1. The van der Waals surface area contributed by atoms with E-state index < -0.39 is 6.09 Å². The first-order valence-corrected chi connectivity index (χ1v) is 15.2. The van der Waals surface area contributed by atoms with Crippen molar-refractivity contribution in [2.75, 3.05) is 62.4 Å². The molecule has 40 heavy (non-hydrogen) atoms. The molecule has 1 fully saturated rings. The topological polar surface area (TPSA) is 74.3 Å². The number of alkyl carbamates (subject to hydrolysis) is 1. The molecule has 1 saturated heterocycles. The number of carbonyl (C=O) groups is 2. The van der Waals surface area contributed by atoms with E-state index >= 15 is 0 Å². The van der Waals surface area contributed by atoms with Gasteiger partial charge < -0.3 is 19.7 Å². The number of fused-ring (bicyclic) bond motifs is 2. The van der Waals surface area contributed by atoms with E-state index in [-0.39, 0.29) is 18.1 Å². The number of hydrogen-bond acceptors (Lipinski definition) is 7. The summed E-state index contributed by atoms with van der Waals surface area (Å²) >= 11 is 1.81. The lowest BCUT2D eigenvalue weighted by Gasteiger charge is -2.38. The molecular formula is C31H40N4O4S. The number of benzene rings is 2. The van der Waals surface area contributed by atoms with Crippen LogP contribution in [-0.2, 0) is 14.9 Å². The Morgan fingerprint density at radius 1 is 1.05 bits per heavy atom. The fraction of sp³-hybridized carbons (Fsp3) is 0.484. The van der Waals surface area contributed by atoms with E-state index in [0.29, 0.717) is 19.6 Å². The minimum atomic E-state index is -0.532. The molecule has 8 nitrogen and oxygen atoms in total. The van der Waals surface area contributed by atoms with Crippen molar-refractivity contribution < 1.29 is 19.1 Å². The van der Waals surface area contributed by atoms with Gasteiger partial charge in [-0.05, 0) is 61.5 Å². The summed E-state index contributed by atoms with van der Waals surface area (Å²) in [7, 11) is 0. The molecular weight excluding hydrogens is 524 g/mol. The Labute approximate surface area is 240 Å². The summed E-state index contributed by atoms with van der Waals surface area (Å²) < 4.78 is 12.7. The molecule has 3 aromatic rings. The first-order valence-electron chi connectivity index (χ1n) is 14.3. The fourth-order valence-electron chi connectivity index (χ4n) is 5.65. The summed E-state index contributed by atoms with van der Waals surface area (Å²) in [5.74, 6) is 0.662. The Balaban J connectivity index is 1.09. The summed E-state index contributed by atoms with van der Waals surface area (Å²) in [5, 5.41) is 6.14. The molecule has 2 aromatic carbocycles. The van der Waals surface area contributed by atoms with Gasteiger partial charge >= 0.3 is 6.09 Å². The summed E-state index contributed by atoms with van der Waals surface area (Å²) in [4.78, 5) is 31.4. The zero-order valence-corrected chi connectivity index (χ0v) is 24.6. The van der Waals surface area contributed by atoms with Crippen LogP contribution in [0.4, 0.5) is 16.2 Å². The molecule has 9 heteroatoms. The van der Waals surface area contributed by atoms with Crippen molar-refractivity contribution in [2.45, 2.75) is 45.4 Å². The lowest BCUT2D eigenvalue weighted by atomic mass is 9.77. The molecule has 214 valence electrons. The van der Waals surface area contributed by atoms with Crippen molar-refractivity contribution in [1.29, 1.82) is 0 Å². The smallest absolute Gasteiger partial charge is 0.408 e. The summed E-state index contributed by atoms with van der Waals surface area (Å²) in [5.41, 5.74) is 2.86. The van der Waals surface area contributed by atoms with E-state index in [1.807, 2.05) is 25.1 Å². The predicted octanol–water partition coefficient (Wildman–Crippen LogP) is 5.60. The van der Waals surface area contributed by atoms with Crippen molar-refractivity contribution in [3.63, 3.8) is 0 Å². The Hall–Kier alpha value is -3.30. The lowest BCUT2D eigenvalue weighted by Crippen LogP contribution is -2.46. The number of hydrogen-bond donors (Lipinski definition) is 1. The Morgan fingerprint density at radius 3 is 2.67 bits per heavy atom. The van der Waals surface area contributed by atoms with Crippen molar-refractivity contribution in [3.8, 4) is 5.75 Å². The Morgan fingerprint density at radius 2 is 1.88 bits per heavy atom. The highest BCUT2D eigenvalue weighted by atomic mass is 32.1. The zero-order valence-electron chi connectivity index (χ0n) is 23.8. The lowest BCUT2D eigenvalue weighted by molar-refractivity contribution is -0.120. The van der Waals surface area contributed by atoms with E-state index in [9.17, 15) is 9.59 Å². The van der Waals surface area contributed by atoms with E-state index in [0.717, 1.165) is 62.6 Å². The standard InChI is InChI=1S/C31H40N4O4S/c1-4-32-30(37)39-22-35-27-20-23(10-11-25(27)31(2,3)21-29(35)36)38-18-6-5-13-33-14-16-34(17-15-33)26-8-7-9-28-24(26)12-19-40-28/h7-12,19-20H,4-6,13-18,21-22H2,1-3H3,(H,32,37). The van der Waals surface area contributed by atoms with Crippen LogP contribution >= 0.6 is 11.3 Å². The molecule has 1 N–H and O–H groups in total. The van der Waals surface area contributed by atoms with E-state index in [1.165, 1.54) is 15.8 Å². The molecule has 2 aliphatic rings. The number of piperazine rings is 1. The quantitative estimate of drug-likeness (QED) is 0.323. The van der Waals surface area contributed by atoms with Gasteiger partial charge in [0.1, 0.15) is 5.75 Å². The predicted molar refractivity (Wildman–Crippen MR) is 162 cm³/mol. The van der Waals surface area contributed by atoms with Crippen molar-refractivity contribution in [1.82, 2.24) is 10.2 Å². The van der Waals surface area contributed by atoms with Crippen LogP contribution in [0.2, 0.25) is 0 Å². The number of ether oxygens (including phenoxy) is 2. The van der Waals surface area contributed by atoms with Crippen LogP contribution in [0.15, 0.2) is 47.8 Å². The molecule has 0 bridgehead atoms. The van der Waals surface area contributed by atoms with Gasteiger partial charge in [0.25, 0.3) is 0 Å². The second-order valence-corrected chi connectivity index (χ2v) is 12.1. The molecule has 0 aliphatic carbocycles. The monoisotopic (exact) mass is 564 g/mol. The van der Waals surface area contributed by atoms with Crippen LogP contribution in [0.1, 0.15) is 45.6 Å². The number of nitrogens with one attached hydrogen (secondary N) is 1. The van der Waals surface area contributed by atoms with E-state index in [4.69, 9.17) is 9.47 Å². The Bertz CT molecular complexity index is 1330. The first kappa shape index (κ1) is 28.2. The highest BCUT2D eigenvalue weighted by Crippen LogP contribution is 2.42. The maximum Gasteiger partial charge on any atom is 0.408 e. The molecule has 5 rings (SSSR count). The minimum Gasteiger partial charge on any atom is -0.494 e. The average molecular weight is 565 g/mol. The molecule has 0 atom stereocenters. The second kappa shape index (κ2) is 12.5. The van der Waals surface area contributed by atoms with Crippen LogP contribution in [0.5, 0.6) is 5.75 Å². The van der Waals surface area contributed by atoms with Gasteiger partial charge in [-0.3, -0.25) is 14.6 Å². The summed E-state index contributed by atoms with van der Waals surface area (Å²) in [6.07, 6.45) is 1.86. The van der Waals surface area contributed by atoms with Crippen LogP contribution in [0.25, 0.3) is 10.1 Å². The zero-order chi connectivity index (χ0) is 28.1. The van der Waals surface area contributed by atoms with E-state index in [1.54, 1.807) is 16.2 Å². The van der Waals surface area contributed by atoms with Gasteiger partial charge in [-0.1, -0.05) is 26.0 Å². The summed E-state index contributed by atoms with van der Waals surface area (Å²) in [6, 6.07) is 14.8. The van der Waals surface area contributed by atoms with Crippen LogP contribution in [0.3, 0.4) is 0 Å². The van der Waals surface area contributed by atoms with Gasteiger partial charge in [-0.25, -0.2) is 4.79 Å². The maximum absolute atomic E-state index is 12.9. The van der Waals surface area contributed by atoms with Crippen LogP contribution in [-0.4, -0.2) is 69.5 Å². The van der Waals surface area contributed by atoms with Gasteiger partial charge in [-0.15, -0.1) is 11.3 Å². The van der Waals surface area contributed by atoms with E-state index in [2.05, 4.69) is 58.6 Å². The number of nitrogens with zero attached hydrogens (tertiary/aromatic N) is 3. The highest BCUT2D eigenvalue weighted by molar-refractivity contribution is 7.17. The molecule has 3 heterocycles. The van der Waals surface area contributed by atoms with Gasteiger partial charge in [0.05, 0.1) is 12.3 Å². The van der Waals surface area contributed by atoms with Gasteiger partial charge in [0, 0.05) is 66.4 Å². The SMILES string of the molecule is CCNC(=O)OCN1C(=O)CC(C)(C)c2ccc(OCCCCN3CCN(c4cccc5sccc45)CC3)cc21. The number of rotatable bonds is 10.